The molecule has 2 rings (SSSR count). The molecule has 5 heteroatoms. The van der Waals surface area contributed by atoms with Crippen LogP contribution in [-0.2, 0) is 4.79 Å². The SMILES string of the molecule is O=C(NC1CCCCNC1=O)c1cccs1. The summed E-state index contributed by atoms with van der Waals surface area (Å²) in [5.74, 6) is -0.223. The average molecular weight is 238 g/mol. The van der Waals surface area contributed by atoms with Gasteiger partial charge in [-0.15, -0.1) is 11.3 Å². The zero-order valence-electron chi connectivity index (χ0n) is 8.86. The van der Waals surface area contributed by atoms with Gasteiger partial charge in [0.2, 0.25) is 5.91 Å². The summed E-state index contributed by atoms with van der Waals surface area (Å²) in [5.41, 5.74) is 0. The normalized spacial score (nSPS) is 21.0. The van der Waals surface area contributed by atoms with Crippen LogP contribution in [0.3, 0.4) is 0 Å². The van der Waals surface area contributed by atoms with Crippen LogP contribution < -0.4 is 10.6 Å². The second kappa shape index (κ2) is 5.12. The Labute approximate surface area is 98.0 Å². The molecule has 0 bridgehead atoms. The molecule has 86 valence electrons. The van der Waals surface area contributed by atoms with E-state index in [1.807, 2.05) is 11.4 Å². The van der Waals surface area contributed by atoms with Crippen molar-refractivity contribution in [1.82, 2.24) is 10.6 Å². The van der Waals surface area contributed by atoms with E-state index in [1.165, 1.54) is 11.3 Å². The lowest BCUT2D eigenvalue weighted by atomic mass is 10.1. The summed E-state index contributed by atoms with van der Waals surface area (Å²) >= 11 is 1.38. The third-order valence-corrected chi connectivity index (χ3v) is 3.45. The Kier molecular flexibility index (Phi) is 3.56. The molecule has 1 aliphatic rings. The van der Waals surface area contributed by atoms with Gasteiger partial charge in [0.25, 0.3) is 5.91 Å². The van der Waals surface area contributed by atoms with E-state index in [4.69, 9.17) is 0 Å². The van der Waals surface area contributed by atoms with Gasteiger partial charge in [-0.3, -0.25) is 9.59 Å². The van der Waals surface area contributed by atoms with E-state index < -0.39 is 0 Å². The Morgan fingerprint density at radius 2 is 2.38 bits per heavy atom. The molecule has 0 spiro atoms. The van der Waals surface area contributed by atoms with E-state index in [1.54, 1.807) is 6.07 Å². The maximum Gasteiger partial charge on any atom is 0.261 e. The Hall–Kier alpha value is -1.36. The van der Waals surface area contributed by atoms with Crippen molar-refractivity contribution in [3.05, 3.63) is 22.4 Å². The Morgan fingerprint density at radius 1 is 1.50 bits per heavy atom. The summed E-state index contributed by atoms with van der Waals surface area (Å²) in [5, 5.41) is 7.41. The number of hydrogen-bond acceptors (Lipinski definition) is 3. The number of thiophene rings is 1. The van der Waals surface area contributed by atoms with Crippen LogP contribution >= 0.6 is 11.3 Å². The molecular formula is C11H14N2O2S. The van der Waals surface area contributed by atoms with Crippen LogP contribution in [0.25, 0.3) is 0 Å². The predicted octanol–water partition coefficient (Wildman–Crippen LogP) is 1.15. The van der Waals surface area contributed by atoms with Crippen molar-refractivity contribution in [2.45, 2.75) is 25.3 Å². The highest BCUT2D eigenvalue weighted by atomic mass is 32.1. The number of nitrogens with one attached hydrogen (secondary N) is 2. The highest BCUT2D eigenvalue weighted by Crippen LogP contribution is 2.10. The molecule has 4 nitrogen and oxygen atoms in total. The predicted molar refractivity (Wildman–Crippen MR) is 62.4 cm³/mol. The largest absolute Gasteiger partial charge is 0.354 e. The fourth-order valence-electron chi connectivity index (χ4n) is 1.71. The molecule has 2 amide bonds. The molecule has 1 fully saturated rings. The molecule has 2 N–H and O–H groups in total. The van der Waals surface area contributed by atoms with Gasteiger partial charge in [-0.05, 0) is 30.7 Å². The van der Waals surface area contributed by atoms with Crippen molar-refractivity contribution >= 4 is 23.2 Å². The van der Waals surface area contributed by atoms with E-state index in [-0.39, 0.29) is 17.9 Å². The molecule has 1 unspecified atom stereocenters. The molecule has 1 aromatic heterocycles. The van der Waals surface area contributed by atoms with Crippen LogP contribution in [-0.4, -0.2) is 24.4 Å². The number of carbonyl (C=O) groups excluding carboxylic acids is 2. The van der Waals surface area contributed by atoms with Gasteiger partial charge in [-0.25, -0.2) is 0 Å². The van der Waals surface area contributed by atoms with Crippen LogP contribution in [0.5, 0.6) is 0 Å². The maximum absolute atomic E-state index is 11.8. The van der Waals surface area contributed by atoms with Gasteiger partial charge in [-0.2, -0.15) is 0 Å². The second-order valence-electron chi connectivity index (χ2n) is 3.79. The minimum atomic E-state index is -0.378. The van der Waals surface area contributed by atoms with E-state index in [0.29, 0.717) is 11.4 Å². The molecule has 0 aliphatic carbocycles. The smallest absolute Gasteiger partial charge is 0.261 e. The zero-order valence-corrected chi connectivity index (χ0v) is 9.68. The number of amides is 2. The molecule has 2 heterocycles. The summed E-state index contributed by atoms with van der Waals surface area (Å²) in [6, 6.07) is 3.21. The van der Waals surface area contributed by atoms with Crippen LogP contribution in [0.2, 0.25) is 0 Å². The van der Waals surface area contributed by atoms with Crippen LogP contribution in [0.1, 0.15) is 28.9 Å². The number of rotatable bonds is 2. The summed E-state index contributed by atoms with van der Waals surface area (Å²) < 4.78 is 0. The van der Waals surface area contributed by atoms with E-state index in [0.717, 1.165) is 19.3 Å². The summed E-state index contributed by atoms with van der Waals surface area (Å²) in [6.45, 7) is 0.713. The number of hydrogen-bond donors (Lipinski definition) is 2. The van der Waals surface area contributed by atoms with Crippen molar-refractivity contribution in [2.75, 3.05) is 6.54 Å². The Morgan fingerprint density at radius 3 is 3.12 bits per heavy atom. The second-order valence-corrected chi connectivity index (χ2v) is 4.74. The third-order valence-electron chi connectivity index (χ3n) is 2.59. The molecule has 0 radical (unpaired) electrons. The van der Waals surface area contributed by atoms with Crippen LogP contribution in [0.4, 0.5) is 0 Å². The first-order valence-corrected chi connectivity index (χ1v) is 6.27. The molecule has 16 heavy (non-hydrogen) atoms. The first-order chi connectivity index (χ1) is 7.77. The number of carbonyl (C=O) groups is 2. The Bertz CT molecular complexity index is 375. The van der Waals surface area contributed by atoms with Gasteiger partial charge in [0, 0.05) is 6.54 Å². The lowest BCUT2D eigenvalue weighted by Crippen LogP contribution is -2.45. The first kappa shape index (κ1) is 11.1. The molecule has 1 aliphatic heterocycles. The van der Waals surface area contributed by atoms with E-state index >= 15 is 0 Å². The molecular weight excluding hydrogens is 224 g/mol. The van der Waals surface area contributed by atoms with E-state index in [9.17, 15) is 9.59 Å². The van der Waals surface area contributed by atoms with E-state index in [2.05, 4.69) is 10.6 Å². The van der Waals surface area contributed by atoms with Crippen molar-refractivity contribution in [2.24, 2.45) is 0 Å². The summed E-state index contributed by atoms with van der Waals surface area (Å²) in [4.78, 5) is 24.0. The third kappa shape index (κ3) is 2.61. The minimum Gasteiger partial charge on any atom is -0.354 e. The quantitative estimate of drug-likeness (QED) is 0.812. The summed E-state index contributed by atoms with van der Waals surface area (Å²) in [6.07, 6.45) is 2.67. The molecule has 0 saturated carbocycles. The standard InChI is InChI=1S/C11H14N2O2S/c14-10-8(4-1-2-6-12-10)13-11(15)9-5-3-7-16-9/h3,5,7-8H,1-2,4,6H2,(H,12,14)(H,13,15). The fourth-order valence-corrected chi connectivity index (χ4v) is 2.34. The highest BCUT2D eigenvalue weighted by molar-refractivity contribution is 7.12. The topological polar surface area (TPSA) is 58.2 Å². The Balaban J connectivity index is 1.97. The molecule has 1 aromatic rings. The lowest BCUT2D eigenvalue weighted by molar-refractivity contribution is -0.122. The van der Waals surface area contributed by atoms with Gasteiger partial charge < -0.3 is 10.6 Å². The van der Waals surface area contributed by atoms with Crippen molar-refractivity contribution in [1.29, 1.82) is 0 Å². The molecule has 1 saturated heterocycles. The fraction of sp³-hybridized carbons (Fsp3) is 0.455. The van der Waals surface area contributed by atoms with Gasteiger partial charge in [0.05, 0.1) is 4.88 Å². The maximum atomic E-state index is 11.8. The molecule has 0 aromatic carbocycles. The lowest BCUT2D eigenvalue weighted by Gasteiger charge is -2.14. The van der Waals surface area contributed by atoms with Crippen LogP contribution in [0.15, 0.2) is 17.5 Å². The van der Waals surface area contributed by atoms with Gasteiger partial charge in [-0.1, -0.05) is 6.07 Å². The van der Waals surface area contributed by atoms with Crippen molar-refractivity contribution < 1.29 is 9.59 Å². The zero-order chi connectivity index (χ0) is 11.4. The average Bonchev–Trinajstić information content (AvgIpc) is 2.73. The molecule has 1 atom stereocenters. The summed E-state index contributed by atoms with van der Waals surface area (Å²) in [7, 11) is 0. The van der Waals surface area contributed by atoms with Gasteiger partial charge >= 0.3 is 0 Å². The van der Waals surface area contributed by atoms with Crippen LogP contribution in [0, 0.1) is 0 Å². The van der Waals surface area contributed by atoms with Gasteiger partial charge in [0.1, 0.15) is 6.04 Å². The van der Waals surface area contributed by atoms with Crippen molar-refractivity contribution in [3.63, 3.8) is 0 Å². The highest BCUT2D eigenvalue weighted by Gasteiger charge is 2.22. The first-order valence-electron chi connectivity index (χ1n) is 5.39. The van der Waals surface area contributed by atoms with Crippen molar-refractivity contribution in [3.8, 4) is 0 Å². The van der Waals surface area contributed by atoms with Gasteiger partial charge in [0.15, 0.2) is 0 Å². The monoisotopic (exact) mass is 238 g/mol. The minimum absolute atomic E-state index is 0.0672.